The Balaban J connectivity index is 1.69. The first-order valence-corrected chi connectivity index (χ1v) is 6.83. The Morgan fingerprint density at radius 3 is 3.05 bits per heavy atom. The Labute approximate surface area is 125 Å². The highest BCUT2D eigenvalue weighted by atomic mass is 16.3. The molecule has 0 aliphatic heterocycles. The largest absolute Gasteiger partial charge is 0.356 e. The van der Waals surface area contributed by atoms with Crippen LogP contribution < -0.4 is 10.9 Å². The van der Waals surface area contributed by atoms with Crippen molar-refractivity contribution in [3.05, 3.63) is 45.7 Å². The van der Waals surface area contributed by atoms with Gasteiger partial charge in [0.25, 0.3) is 5.56 Å². The predicted octanol–water partition coefficient (Wildman–Crippen LogP) is 0.503. The second kappa shape index (κ2) is 7.81. The average molecular weight is 304 g/mol. The molecule has 9 heteroatoms. The summed E-state index contributed by atoms with van der Waals surface area (Å²) in [5, 5.41) is 11.3. The number of hydrogen-bond acceptors (Lipinski definition) is 6. The molecule has 116 valence electrons. The van der Waals surface area contributed by atoms with Crippen molar-refractivity contribution in [2.24, 2.45) is 5.18 Å². The van der Waals surface area contributed by atoms with Crippen molar-refractivity contribution in [2.75, 3.05) is 6.54 Å². The van der Waals surface area contributed by atoms with E-state index in [1.165, 1.54) is 6.07 Å². The number of nitrogens with one attached hydrogen (secondary N) is 2. The Morgan fingerprint density at radius 2 is 2.32 bits per heavy atom. The maximum absolute atomic E-state index is 11.7. The third-order valence-electron chi connectivity index (χ3n) is 3.02. The fourth-order valence-electron chi connectivity index (χ4n) is 1.87. The van der Waals surface area contributed by atoms with Gasteiger partial charge in [-0.2, -0.15) is 5.10 Å². The fraction of sp³-hybridized carbons (Fsp3) is 0.385. The maximum atomic E-state index is 11.7. The van der Waals surface area contributed by atoms with Gasteiger partial charge >= 0.3 is 0 Å². The van der Waals surface area contributed by atoms with E-state index in [0.717, 1.165) is 13.0 Å². The van der Waals surface area contributed by atoms with Gasteiger partial charge in [0.05, 0.1) is 12.0 Å². The summed E-state index contributed by atoms with van der Waals surface area (Å²) in [4.78, 5) is 37.1. The van der Waals surface area contributed by atoms with E-state index in [4.69, 9.17) is 0 Å². The molecule has 2 rings (SSSR count). The van der Waals surface area contributed by atoms with Gasteiger partial charge in [-0.1, -0.05) is 0 Å². The van der Waals surface area contributed by atoms with Crippen LogP contribution in [-0.2, 0) is 17.8 Å². The maximum Gasteiger partial charge on any atom is 0.293 e. The zero-order chi connectivity index (χ0) is 15.8. The summed E-state index contributed by atoms with van der Waals surface area (Å²) in [6, 6.07) is 1.29. The number of aryl methyl sites for hydroxylation is 2. The van der Waals surface area contributed by atoms with Crippen molar-refractivity contribution < 1.29 is 4.79 Å². The van der Waals surface area contributed by atoms with Crippen LogP contribution >= 0.6 is 0 Å². The van der Waals surface area contributed by atoms with Gasteiger partial charge in [-0.05, 0) is 17.7 Å². The van der Waals surface area contributed by atoms with Gasteiger partial charge in [0.15, 0.2) is 5.69 Å². The number of aromatic amines is 1. The number of amides is 1. The molecule has 2 aromatic heterocycles. The van der Waals surface area contributed by atoms with Gasteiger partial charge in [0.2, 0.25) is 5.91 Å². The number of nitrogens with zero attached hydrogens (tertiary/aromatic N) is 4. The average Bonchev–Trinajstić information content (AvgIpc) is 3.04. The minimum absolute atomic E-state index is 0.112. The second-order valence-electron chi connectivity index (χ2n) is 4.67. The highest BCUT2D eigenvalue weighted by Crippen LogP contribution is 2.06. The van der Waals surface area contributed by atoms with Gasteiger partial charge in [0, 0.05) is 38.3 Å². The molecule has 0 unspecified atom stereocenters. The molecule has 2 heterocycles. The number of imidazole rings is 1. The van der Waals surface area contributed by atoms with Crippen LogP contribution in [0.5, 0.6) is 0 Å². The lowest BCUT2D eigenvalue weighted by Crippen LogP contribution is -2.25. The Hall–Kier alpha value is -2.84. The molecular weight excluding hydrogens is 288 g/mol. The molecule has 0 aliphatic rings. The fourth-order valence-corrected chi connectivity index (χ4v) is 1.87. The lowest BCUT2D eigenvalue weighted by Gasteiger charge is -2.05. The molecule has 9 nitrogen and oxygen atoms in total. The van der Waals surface area contributed by atoms with Gasteiger partial charge in [-0.25, -0.2) is 10.1 Å². The van der Waals surface area contributed by atoms with E-state index in [1.54, 1.807) is 12.5 Å². The number of rotatable bonds is 8. The highest BCUT2D eigenvalue weighted by molar-refractivity contribution is 5.76. The zero-order valence-electron chi connectivity index (χ0n) is 11.9. The summed E-state index contributed by atoms with van der Waals surface area (Å²) >= 11 is 0. The van der Waals surface area contributed by atoms with Gasteiger partial charge < -0.3 is 9.88 Å². The normalized spacial score (nSPS) is 10.4. The second-order valence-corrected chi connectivity index (χ2v) is 4.67. The summed E-state index contributed by atoms with van der Waals surface area (Å²) in [6.45, 7) is 1.35. The molecule has 0 bridgehead atoms. The van der Waals surface area contributed by atoms with Crippen molar-refractivity contribution in [1.29, 1.82) is 0 Å². The van der Waals surface area contributed by atoms with Gasteiger partial charge in [-0.3, -0.25) is 9.59 Å². The lowest BCUT2D eigenvalue weighted by atomic mass is 10.2. The summed E-state index contributed by atoms with van der Waals surface area (Å²) in [5.41, 5.74) is -0.420. The van der Waals surface area contributed by atoms with E-state index >= 15 is 0 Å². The number of aromatic nitrogens is 4. The molecule has 0 aliphatic carbocycles. The zero-order valence-corrected chi connectivity index (χ0v) is 11.9. The van der Waals surface area contributed by atoms with Crippen LogP contribution in [0.3, 0.4) is 0 Å². The molecule has 0 spiro atoms. The summed E-state index contributed by atoms with van der Waals surface area (Å²) < 4.78 is 1.93. The predicted molar refractivity (Wildman–Crippen MR) is 78.5 cm³/mol. The van der Waals surface area contributed by atoms with Crippen molar-refractivity contribution in [3.8, 4) is 0 Å². The summed E-state index contributed by atoms with van der Waals surface area (Å²) in [7, 11) is 0. The Morgan fingerprint density at radius 1 is 1.45 bits per heavy atom. The van der Waals surface area contributed by atoms with Crippen LogP contribution in [0, 0.1) is 4.91 Å². The number of H-pyrrole nitrogens is 1. The van der Waals surface area contributed by atoms with Crippen molar-refractivity contribution in [3.63, 3.8) is 0 Å². The molecule has 2 N–H and O–H groups in total. The molecule has 0 saturated carbocycles. The monoisotopic (exact) mass is 304 g/mol. The van der Waals surface area contributed by atoms with E-state index in [0.29, 0.717) is 18.7 Å². The Kier molecular flexibility index (Phi) is 5.52. The standard InChI is InChI=1S/C13H16N6O3/c20-12(15-4-1-6-19-7-5-14-9-19)3-2-10-8-11(18-22)13(21)17-16-10/h5,7-9H,1-4,6H2,(H,15,20)(H,17,21). The number of hydrogen-bond donors (Lipinski definition) is 2. The molecule has 2 aromatic rings. The molecule has 0 radical (unpaired) electrons. The first kappa shape index (κ1) is 15.5. The van der Waals surface area contributed by atoms with Crippen LogP contribution in [0.4, 0.5) is 5.69 Å². The van der Waals surface area contributed by atoms with E-state index in [1.807, 2.05) is 10.8 Å². The van der Waals surface area contributed by atoms with E-state index in [9.17, 15) is 14.5 Å². The molecule has 0 aromatic carbocycles. The molecule has 0 fully saturated rings. The molecule has 0 saturated heterocycles. The van der Waals surface area contributed by atoms with Crippen LogP contribution in [0.1, 0.15) is 18.5 Å². The quantitative estimate of drug-likeness (QED) is 0.543. The van der Waals surface area contributed by atoms with E-state index in [2.05, 4.69) is 25.7 Å². The first-order valence-electron chi connectivity index (χ1n) is 6.83. The molecule has 0 atom stereocenters. The van der Waals surface area contributed by atoms with Crippen LogP contribution in [-0.4, -0.2) is 32.2 Å². The first-order chi connectivity index (χ1) is 10.7. The van der Waals surface area contributed by atoms with Crippen LogP contribution in [0.2, 0.25) is 0 Å². The van der Waals surface area contributed by atoms with Gasteiger partial charge in [0.1, 0.15) is 0 Å². The van der Waals surface area contributed by atoms with E-state index in [-0.39, 0.29) is 18.0 Å². The van der Waals surface area contributed by atoms with Crippen molar-refractivity contribution >= 4 is 11.6 Å². The molecular formula is C13H16N6O3. The lowest BCUT2D eigenvalue weighted by molar-refractivity contribution is -0.121. The smallest absolute Gasteiger partial charge is 0.293 e. The third kappa shape index (κ3) is 4.62. The van der Waals surface area contributed by atoms with E-state index < -0.39 is 5.56 Å². The Bertz CT molecular complexity index is 679. The minimum atomic E-state index is -0.636. The van der Waals surface area contributed by atoms with Gasteiger partial charge in [-0.15, -0.1) is 4.91 Å². The summed E-state index contributed by atoms with van der Waals surface area (Å²) in [6.07, 6.45) is 6.65. The third-order valence-corrected chi connectivity index (χ3v) is 3.02. The number of nitroso groups, excluding NO2 is 1. The van der Waals surface area contributed by atoms with Crippen molar-refractivity contribution in [1.82, 2.24) is 25.1 Å². The summed E-state index contributed by atoms with van der Waals surface area (Å²) in [5.74, 6) is -0.112. The number of carbonyl (C=O) groups is 1. The highest BCUT2D eigenvalue weighted by Gasteiger charge is 2.06. The van der Waals surface area contributed by atoms with Crippen molar-refractivity contribution in [2.45, 2.75) is 25.8 Å². The SMILES string of the molecule is O=Nc1cc(CCC(=O)NCCCn2ccnc2)n[nH]c1=O. The number of carbonyl (C=O) groups excluding carboxylic acids is 1. The van der Waals surface area contributed by atoms with Crippen LogP contribution in [0.15, 0.2) is 34.8 Å². The minimum Gasteiger partial charge on any atom is -0.356 e. The molecule has 1 amide bonds. The van der Waals surface area contributed by atoms with Crippen LogP contribution in [0.25, 0.3) is 0 Å². The topological polar surface area (TPSA) is 122 Å². The molecule has 22 heavy (non-hydrogen) atoms.